The summed E-state index contributed by atoms with van der Waals surface area (Å²) in [6.45, 7) is 5.34. The summed E-state index contributed by atoms with van der Waals surface area (Å²) in [5.41, 5.74) is -0.346. The topological polar surface area (TPSA) is 42.1 Å². The Balaban J connectivity index is 1.73. The second-order valence-corrected chi connectivity index (χ2v) is 8.26. The highest BCUT2D eigenvalue weighted by molar-refractivity contribution is 5.77. The van der Waals surface area contributed by atoms with Gasteiger partial charge in [0.1, 0.15) is 11.7 Å². The van der Waals surface area contributed by atoms with E-state index in [1.807, 2.05) is 14.1 Å². The van der Waals surface area contributed by atoms with Gasteiger partial charge in [0.25, 0.3) is 0 Å². The number of esters is 1. The third kappa shape index (κ3) is 1.72. The smallest absolute Gasteiger partial charge is 0.311 e. The molecule has 2 saturated carbocycles. The SMILES string of the molecule is CC1CCC2C(CN(C)C)C(=O)OC23C1CCC1(C)OC13. The summed E-state index contributed by atoms with van der Waals surface area (Å²) < 4.78 is 12.3. The average molecular weight is 293 g/mol. The van der Waals surface area contributed by atoms with Gasteiger partial charge in [0.05, 0.1) is 11.5 Å². The van der Waals surface area contributed by atoms with Crippen LogP contribution in [0.5, 0.6) is 0 Å². The molecular weight excluding hydrogens is 266 g/mol. The Labute approximate surface area is 127 Å². The number of rotatable bonds is 2. The van der Waals surface area contributed by atoms with E-state index in [9.17, 15) is 4.79 Å². The molecule has 4 fully saturated rings. The lowest BCUT2D eigenvalue weighted by molar-refractivity contribution is -0.168. The molecule has 0 amide bonds. The Morgan fingerprint density at radius 2 is 2.00 bits per heavy atom. The minimum Gasteiger partial charge on any atom is -0.455 e. The lowest BCUT2D eigenvalue weighted by Gasteiger charge is -2.50. The summed E-state index contributed by atoms with van der Waals surface area (Å²) in [4.78, 5) is 14.7. The standard InChI is InChI=1S/C17H27NO3/c1-10-5-6-13-11(9-18(3)4)14(19)20-17(13)12(10)7-8-16(2)15(17)21-16/h10-13,15H,5-9H2,1-4H3. The summed E-state index contributed by atoms with van der Waals surface area (Å²) in [5, 5.41) is 0. The first kappa shape index (κ1) is 14.0. The molecule has 118 valence electrons. The zero-order chi connectivity index (χ0) is 15.0. The maximum Gasteiger partial charge on any atom is 0.311 e. The zero-order valence-electron chi connectivity index (χ0n) is 13.6. The maximum absolute atomic E-state index is 12.6. The molecule has 0 aromatic heterocycles. The summed E-state index contributed by atoms with van der Waals surface area (Å²) in [5.74, 6) is 1.53. The normalized spacial score (nSPS) is 54.7. The summed E-state index contributed by atoms with van der Waals surface area (Å²) in [6, 6.07) is 0. The van der Waals surface area contributed by atoms with Crippen LogP contribution in [0.2, 0.25) is 0 Å². The molecule has 1 spiro atoms. The molecule has 4 aliphatic rings. The summed E-state index contributed by atoms with van der Waals surface area (Å²) in [6.07, 6.45) is 4.75. The fourth-order valence-corrected chi connectivity index (χ4v) is 5.65. The number of epoxide rings is 1. The van der Waals surface area contributed by atoms with Crippen LogP contribution in [-0.4, -0.2) is 48.8 Å². The largest absolute Gasteiger partial charge is 0.455 e. The maximum atomic E-state index is 12.6. The van der Waals surface area contributed by atoms with Crippen molar-refractivity contribution in [3.8, 4) is 0 Å². The number of hydrogen-bond acceptors (Lipinski definition) is 4. The molecule has 0 bridgehead atoms. The zero-order valence-corrected chi connectivity index (χ0v) is 13.6. The molecule has 0 radical (unpaired) electrons. The Bertz CT molecular complexity index is 479. The molecule has 7 unspecified atom stereocenters. The monoisotopic (exact) mass is 293 g/mol. The van der Waals surface area contributed by atoms with Gasteiger partial charge in [-0.3, -0.25) is 4.79 Å². The number of carbonyl (C=O) groups is 1. The Morgan fingerprint density at radius 3 is 2.71 bits per heavy atom. The average Bonchev–Trinajstić information content (AvgIpc) is 3.02. The van der Waals surface area contributed by atoms with Crippen LogP contribution in [0.25, 0.3) is 0 Å². The van der Waals surface area contributed by atoms with Crippen LogP contribution >= 0.6 is 0 Å². The molecule has 0 N–H and O–H groups in total. The van der Waals surface area contributed by atoms with Gasteiger partial charge < -0.3 is 14.4 Å². The highest BCUT2D eigenvalue weighted by Crippen LogP contribution is 2.66. The predicted octanol–water partition coefficient (Wildman–Crippen LogP) is 2.07. The fraction of sp³-hybridized carbons (Fsp3) is 0.941. The quantitative estimate of drug-likeness (QED) is 0.577. The Kier molecular flexibility index (Phi) is 2.82. The fourth-order valence-electron chi connectivity index (χ4n) is 5.65. The van der Waals surface area contributed by atoms with E-state index in [4.69, 9.17) is 9.47 Å². The van der Waals surface area contributed by atoms with E-state index in [-0.39, 0.29) is 29.2 Å². The third-order valence-corrected chi connectivity index (χ3v) is 6.65. The lowest BCUT2D eigenvalue weighted by atomic mass is 9.55. The van der Waals surface area contributed by atoms with E-state index in [1.54, 1.807) is 0 Å². The van der Waals surface area contributed by atoms with Crippen molar-refractivity contribution in [3.05, 3.63) is 0 Å². The van der Waals surface area contributed by atoms with Gasteiger partial charge in [0.15, 0.2) is 0 Å². The van der Waals surface area contributed by atoms with Crippen molar-refractivity contribution in [2.45, 2.75) is 56.8 Å². The van der Waals surface area contributed by atoms with Gasteiger partial charge in [-0.25, -0.2) is 0 Å². The second kappa shape index (κ2) is 4.23. The number of carbonyl (C=O) groups excluding carboxylic acids is 1. The molecule has 2 aliphatic heterocycles. The molecule has 2 aliphatic carbocycles. The van der Waals surface area contributed by atoms with Crippen LogP contribution in [0.3, 0.4) is 0 Å². The number of fused-ring (bicyclic) bond motifs is 1. The minimum absolute atomic E-state index is 0.0209. The van der Waals surface area contributed by atoms with Crippen molar-refractivity contribution in [2.24, 2.45) is 23.7 Å². The molecule has 4 heteroatoms. The summed E-state index contributed by atoms with van der Waals surface area (Å²) in [7, 11) is 4.08. The molecule has 4 nitrogen and oxygen atoms in total. The van der Waals surface area contributed by atoms with Crippen LogP contribution < -0.4 is 0 Å². The van der Waals surface area contributed by atoms with Gasteiger partial charge in [-0.15, -0.1) is 0 Å². The molecule has 21 heavy (non-hydrogen) atoms. The third-order valence-electron chi connectivity index (χ3n) is 6.65. The predicted molar refractivity (Wildman–Crippen MR) is 78.8 cm³/mol. The van der Waals surface area contributed by atoms with Gasteiger partial charge in [0.2, 0.25) is 0 Å². The van der Waals surface area contributed by atoms with Crippen molar-refractivity contribution in [3.63, 3.8) is 0 Å². The summed E-state index contributed by atoms with van der Waals surface area (Å²) >= 11 is 0. The molecular formula is C17H27NO3. The van der Waals surface area contributed by atoms with Crippen LogP contribution in [0, 0.1) is 23.7 Å². The van der Waals surface area contributed by atoms with Gasteiger partial charge in [0, 0.05) is 18.4 Å². The van der Waals surface area contributed by atoms with Gasteiger partial charge >= 0.3 is 5.97 Å². The van der Waals surface area contributed by atoms with Crippen LogP contribution in [0.4, 0.5) is 0 Å². The van der Waals surface area contributed by atoms with E-state index in [0.29, 0.717) is 17.8 Å². The van der Waals surface area contributed by atoms with Crippen LogP contribution in [0.15, 0.2) is 0 Å². The first-order valence-electron chi connectivity index (χ1n) is 8.44. The number of hydrogen-bond donors (Lipinski definition) is 0. The van der Waals surface area contributed by atoms with Crippen molar-refractivity contribution < 1.29 is 14.3 Å². The van der Waals surface area contributed by atoms with Crippen LogP contribution in [-0.2, 0) is 14.3 Å². The van der Waals surface area contributed by atoms with E-state index < -0.39 is 0 Å². The van der Waals surface area contributed by atoms with Crippen molar-refractivity contribution >= 4 is 5.97 Å². The highest BCUT2D eigenvalue weighted by Gasteiger charge is 2.77. The Morgan fingerprint density at radius 1 is 1.24 bits per heavy atom. The first-order valence-corrected chi connectivity index (χ1v) is 8.44. The molecule has 2 saturated heterocycles. The van der Waals surface area contributed by atoms with Gasteiger partial charge in [-0.1, -0.05) is 6.92 Å². The van der Waals surface area contributed by atoms with Gasteiger partial charge in [-0.2, -0.15) is 0 Å². The molecule has 0 aromatic rings. The molecule has 4 rings (SSSR count). The Hall–Kier alpha value is -0.610. The first-order chi connectivity index (χ1) is 9.88. The van der Waals surface area contributed by atoms with Crippen molar-refractivity contribution in [2.75, 3.05) is 20.6 Å². The highest BCUT2D eigenvalue weighted by atomic mass is 16.7. The molecule has 7 atom stereocenters. The van der Waals surface area contributed by atoms with E-state index in [0.717, 1.165) is 25.8 Å². The minimum atomic E-state index is -0.317. The number of nitrogens with zero attached hydrogens (tertiary/aromatic N) is 1. The second-order valence-electron chi connectivity index (χ2n) is 8.26. The van der Waals surface area contributed by atoms with E-state index >= 15 is 0 Å². The lowest BCUT2D eigenvalue weighted by Crippen LogP contribution is -2.58. The molecule has 2 heterocycles. The molecule has 0 aromatic carbocycles. The van der Waals surface area contributed by atoms with Crippen molar-refractivity contribution in [1.29, 1.82) is 0 Å². The van der Waals surface area contributed by atoms with E-state index in [2.05, 4.69) is 18.7 Å². The van der Waals surface area contributed by atoms with Crippen LogP contribution in [0.1, 0.15) is 39.5 Å². The number of ether oxygens (including phenoxy) is 2. The van der Waals surface area contributed by atoms with Gasteiger partial charge in [-0.05, 0) is 52.6 Å². The van der Waals surface area contributed by atoms with E-state index in [1.165, 1.54) is 6.42 Å². The van der Waals surface area contributed by atoms with Crippen molar-refractivity contribution in [1.82, 2.24) is 4.90 Å².